The van der Waals surface area contributed by atoms with Gasteiger partial charge in [0.2, 0.25) is 0 Å². The van der Waals surface area contributed by atoms with E-state index in [0.717, 1.165) is 29.2 Å². The molecule has 0 atom stereocenters. The van der Waals surface area contributed by atoms with E-state index >= 15 is 0 Å². The molecule has 0 spiro atoms. The van der Waals surface area contributed by atoms with Gasteiger partial charge >= 0.3 is 0 Å². The van der Waals surface area contributed by atoms with E-state index in [9.17, 15) is 9.59 Å². The van der Waals surface area contributed by atoms with Crippen LogP contribution in [0.15, 0.2) is 181 Å². The molecule has 0 aromatic heterocycles. The smallest absolute Gasteiger partial charge is 0.300 e. The predicted octanol–water partition coefficient (Wildman–Crippen LogP) is 7.85. The van der Waals surface area contributed by atoms with Crippen LogP contribution in [0.1, 0.15) is 29.2 Å². The van der Waals surface area contributed by atoms with Crippen molar-refractivity contribution in [3.8, 4) is 0 Å². The van der Waals surface area contributed by atoms with Crippen LogP contribution in [-0.2, 0) is 44.5 Å². The first-order valence-electron chi connectivity index (χ1n) is 15.5. The molecule has 0 aliphatic heterocycles. The number of carbonyl (C=O) groups excluding carboxylic acids is 2. The van der Waals surface area contributed by atoms with Crippen LogP contribution in [0.25, 0.3) is 11.1 Å². The van der Waals surface area contributed by atoms with Crippen molar-refractivity contribution in [1.29, 1.82) is 0 Å². The van der Waals surface area contributed by atoms with E-state index in [0.29, 0.717) is 24.2 Å². The van der Waals surface area contributed by atoms with Crippen LogP contribution in [0.3, 0.4) is 0 Å². The Labute approximate surface area is 298 Å². The molecule has 0 unspecified atom stereocenters. The minimum absolute atomic E-state index is 0. The van der Waals surface area contributed by atoms with Crippen LogP contribution in [0.2, 0.25) is 0 Å². The van der Waals surface area contributed by atoms with Crippen LogP contribution >= 0.6 is 0 Å². The minimum atomic E-state index is -0.833. The van der Waals surface area contributed by atoms with E-state index in [-0.39, 0.29) is 28.6 Å². The molecule has 1 radical (unpaired) electrons. The molecule has 0 fully saturated rings. The summed E-state index contributed by atoms with van der Waals surface area (Å²) in [5, 5.41) is 13.8. The first kappa shape index (κ1) is 37.7. The van der Waals surface area contributed by atoms with Crippen LogP contribution in [0.5, 0.6) is 0 Å². The standard InChI is InChI=1S/2C20H17NO.C2H4O2.Mn/c2*22-20-18(15-21-14-16-8-3-1-4-9-16)12-7-13-19(20)17-10-5-2-6-11-17;1-2(3)4;/h2*1-13,15,21H,14H2;1H3,(H,3,4);/b2*18-15+;;. The normalized spacial score (nSPS) is 14.6. The summed E-state index contributed by atoms with van der Waals surface area (Å²) >= 11 is 0. The van der Waals surface area contributed by atoms with Crippen molar-refractivity contribution < 1.29 is 36.6 Å². The van der Waals surface area contributed by atoms with Crippen LogP contribution < -0.4 is 10.6 Å². The number of aliphatic carboxylic acids is 1. The molecule has 2 aliphatic carbocycles. The molecule has 0 heterocycles. The molecule has 6 nitrogen and oxygen atoms in total. The van der Waals surface area contributed by atoms with Gasteiger partial charge in [-0.15, -0.1) is 0 Å². The number of carboxylic acids is 1. The Balaban J connectivity index is 0.000000235. The summed E-state index contributed by atoms with van der Waals surface area (Å²) < 4.78 is 0. The maximum atomic E-state index is 12.5. The van der Waals surface area contributed by atoms with Crippen molar-refractivity contribution in [2.45, 2.75) is 20.0 Å². The molecule has 3 N–H and O–H groups in total. The number of carboxylic acid groups (broad SMARTS) is 1. The molecule has 49 heavy (non-hydrogen) atoms. The molecule has 247 valence electrons. The van der Waals surface area contributed by atoms with Gasteiger partial charge in [0.25, 0.3) is 5.97 Å². The van der Waals surface area contributed by atoms with Crippen molar-refractivity contribution in [2.75, 3.05) is 0 Å². The number of nitrogens with one attached hydrogen (secondary N) is 2. The second-order valence-corrected chi connectivity index (χ2v) is 10.7. The van der Waals surface area contributed by atoms with Gasteiger partial charge in [-0.3, -0.25) is 14.4 Å². The van der Waals surface area contributed by atoms with Crippen molar-refractivity contribution >= 4 is 28.7 Å². The molecule has 0 saturated carbocycles. The summed E-state index contributed by atoms with van der Waals surface area (Å²) in [7, 11) is 0. The van der Waals surface area contributed by atoms with E-state index in [1.807, 2.05) is 134 Å². The van der Waals surface area contributed by atoms with Crippen molar-refractivity contribution in [3.63, 3.8) is 0 Å². The van der Waals surface area contributed by atoms with Crippen LogP contribution in [0.4, 0.5) is 0 Å². The van der Waals surface area contributed by atoms with Crippen LogP contribution in [0, 0.1) is 0 Å². The van der Waals surface area contributed by atoms with Gasteiger partial charge in [-0.25, -0.2) is 0 Å². The van der Waals surface area contributed by atoms with Gasteiger partial charge in [0.1, 0.15) is 0 Å². The zero-order valence-corrected chi connectivity index (χ0v) is 28.3. The van der Waals surface area contributed by atoms with Gasteiger partial charge < -0.3 is 15.7 Å². The molecule has 6 rings (SSSR count). The number of carbonyl (C=O) groups is 3. The van der Waals surface area contributed by atoms with Gasteiger partial charge in [-0.05, 0) is 34.4 Å². The fourth-order valence-corrected chi connectivity index (χ4v) is 4.78. The maximum absolute atomic E-state index is 12.5. The minimum Gasteiger partial charge on any atom is -0.481 e. The van der Waals surface area contributed by atoms with Crippen molar-refractivity contribution in [2.24, 2.45) is 0 Å². The molecule has 4 aromatic carbocycles. The van der Waals surface area contributed by atoms with E-state index in [4.69, 9.17) is 9.90 Å². The Hall–Kier alpha value is -5.75. The van der Waals surface area contributed by atoms with Gasteiger partial charge in [0.05, 0.1) is 0 Å². The number of rotatable bonds is 8. The third kappa shape index (κ3) is 12.4. The Morgan fingerprint density at radius 1 is 0.571 bits per heavy atom. The van der Waals surface area contributed by atoms with Gasteiger partial charge in [-0.2, -0.15) is 0 Å². The largest absolute Gasteiger partial charge is 0.481 e. The Morgan fingerprint density at radius 3 is 1.20 bits per heavy atom. The SMILES string of the molecule is CC(=O)O.O=C1C(c2ccccc2)=CC=C/C1=C\NCc1ccccc1.O=C1C(c2ccccc2)=CC=C/C1=C\NCc1ccccc1.[Mn]. The second-order valence-electron chi connectivity index (χ2n) is 10.7. The van der Waals surface area contributed by atoms with Crippen molar-refractivity contribution in [1.82, 2.24) is 10.6 Å². The fraction of sp³-hybridized carbons (Fsp3) is 0.0714. The number of benzene rings is 4. The summed E-state index contributed by atoms with van der Waals surface area (Å²) in [5.41, 5.74) is 7.09. The zero-order valence-electron chi connectivity index (χ0n) is 27.1. The van der Waals surface area contributed by atoms with Gasteiger partial charge in [0, 0.05) is 71.8 Å². The monoisotopic (exact) mass is 689 g/mol. The number of ketones is 2. The van der Waals surface area contributed by atoms with Crippen LogP contribution in [-0.4, -0.2) is 22.6 Å². The number of allylic oxidation sites excluding steroid dienone is 10. The first-order valence-corrected chi connectivity index (χ1v) is 15.5. The summed E-state index contributed by atoms with van der Waals surface area (Å²) in [4.78, 5) is 34.1. The molecule has 4 aromatic rings. The van der Waals surface area contributed by atoms with Gasteiger partial charge in [-0.1, -0.05) is 146 Å². The fourth-order valence-electron chi connectivity index (χ4n) is 4.78. The molecule has 0 saturated heterocycles. The molecular formula is C42H38MnN2O4. The summed E-state index contributed by atoms with van der Waals surface area (Å²) in [5.74, 6) is -0.733. The van der Waals surface area contributed by atoms with E-state index in [2.05, 4.69) is 34.9 Å². The summed E-state index contributed by atoms with van der Waals surface area (Å²) in [6.07, 6.45) is 14.8. The molecule has 2 aliphatic rings. The Morgan fingerprint density at radius 2 is 0.878 bits per heavy atom. The Bertz CT molecular complexity index is 1720. The van der Waals surface area contributed by atoms with E-state index in [1.165, 1.54) is 11.1 Å². The third-order valence-electron chi connectivity index (χ3n) is 7.07. The number of hydrogen-bond acceptors (Lipinski definition) is 5. The Kier molecular flexibility index (Phi) is 15.8. The third-order valence-corrected chi connectivity index (χ3v) is 7.07. The van der Waals surface area contributed by atoms with E-state index in [1.54, 1.807) is 12.4 Å². The average molecular weight is 690 g/mol. The van der Waals surface area contributed by atoms with E-state index < -0.39 is 5.97 Å². The average Bonchev–Trinajstić information content (AvgIpc) is 3.11. The topological polar surface area (TPSA) is 95.5 Å². The zero-order chi connectivity index (χ0) is 34.0. The maximum Gasteiger partial charge on any atom is 0.300 e. The predicted molar refractivity (Wildman–Crippen MR) is 193 cm³/mol. The summed E-state index contributed by atoms with van der Waals surface area (Å²) in [6, 6.07) is 39.7. The molecule has 0 amide bonds. The molecule has 7 heteroatoms. The molecule has 0 bridgehead atoms. The summed E-state index contributed by atoms with van der Waals surface area (Å²) in [6.45, 7) is 2.49. The number of hydrogen-bond donors (Lipinski definition) is 3. The first-order chi connectivity index (χ1) is 23.4. The van der Waals surface area contributed by atoms with Gasteiger partial charge in [0.15, 0.2) is 11.6 Å². The molecular weight excluding hydrogens is 651 g/mol. The second kappa shape index (κ2) is 20.5. The quantitative estimate of drug-likeness (QED) is 0.129. The van der Waals surface area contributed by atoms with Crippen molar-refractivity contribution in [3.05, 3.63) is 204 Å². The number of Topliss-reactive ketones (excluding diaryl/α,β-unsaturated/α-hetero) is 2.